The summed E-state index contributed by atoms with van der Waals surface area (Å²) in [5.41, 5.74) is 1.79. The molecule has 4 heteroatoms. The summed E-state index contributed by atoms with van der Waals surface area (Å²) in [6.07, 6.45) is 0. The number of hydrogen-bond donors (Lipinski definition) is 1. The quantitative estimate of drug-likeness (QED) is 0.609. The third-order valence-corrected chi connectivity index (χ3v) is 2.63. The molecule has 0 unspecified atom stereocenters. The second-order valence-corrected chi connectivity index (χ2v) is 4.28. The van der Waals surface area contributed by atoms with E-state index in [-0.39, 0.29) is 0 Å². The maximum Gasteiger partial charge on any atom is 0.0653 e. The first-order valence-electron chi connectivity index (χ1n) is 4.03. The number of rotatable bonds is 3. The largest absolute Gasteiger partial charge is 0.380 e. The van der Waals surface area contributed by atoms with Crippen LogP contribution in [-0.4, -0.2) is 6.54 Å². The third kappa shape index (κ3) is 3.09. The molecule has 0 spiro atoms. The molecule has 0 atom stereocenters. The molecular weight excluding hydrogens is 240 g/mol. The van der Waals surface area contributed by atoms with Gasteiger partial charge in [0, 0.05) is 6.54 Å². The molecule has 1 rings (SSSR count). The Morgan fingerprint density at radius 1 is 1.21 bits per heavy atom. The van der Waals surface area contributed by atoms with Crippen LogP contribution in [0, 0.1) is 0 Å². The van der Waals surface area contributed by atoms with Gasteiger partial charge in [-0.05, 0) is 19.1 Å². The summed E-state index contributed by atoms with van der Waals surface area (Å²) in [6, 6.07) is 3.32. The van der Waals surface area contributed by atoms with E-state index in [1.165, 1.54) is 0 Å². The molecule has 0 aliphatic carbocycles. The van der Waals surface area contributed by atoms with E-state index in [9.17, 15) is 0 Å². The van der Waals surface area contributed by atoms with Crippen molar-refractivity contribution < 1.29 is 0 Å². The van der Waals surface area contributed by atoms with E-state index >= 15 is 0 Å². The lowest BCUT2D eigenvalue weighted by molar-refractivity contribution is 1.22. The Labute approximate surface area is 98.7 Å². The molecule has 1 nitrogen and oxygen atoms in total. The molecule has 76 valence electrons. The number of halogens is 3. The second-order valence-electron chi connectivity index (χ2n) is 3.06. The fourth-order valence-corrected chi connectivity index (χ4v) is 1.52. The van der Waals surface area contributed by atoms with E-state index < -0.39 is 0 Å². The van der Waals surface area contributed by atoms with Crippen molar-refractivity contribution in [3.8, 4) is 0 Å². The fraction of sp³-hybridized carbons (Fsp3) is 0.200. The van der Waals surface area contributed by atoms with Crippen molar-refractivity contribution in [3.05, 3.63) is 39.4 Å². The molecule has 0 amide bonds. The van der Waals surface area contributed by atoms with Crippen LogP contribution < -0.4 is 5.32 Å². The van der Waals surface area contributed by atoms with Gasteiger partial charge in [-0.3, -0.25) is 0 Å². The van der Waals surface area contributed by atoms with E-state index in [0.29, 0.717) is 21.6 Å². The molecule has 0 heterocycles. The molecule has 0 fully saturated rings. The van der Waals surface area contributed by atoms with Gasteiger partial charge >= 0.3 is 0 Å². The van der Waals surface area contributed by atoms with Crippen LogP contribution in [0.15, 0.2) is 24.3 Å². The standard InChI is InChI=1S/C10H10Cl3N/c1-6(2)5-14-10-4-8(12)7(11)3-9(10)13/h3-4,14H,1,5H2,2H3. The zero-order chi connectivity index (χ0) is 10.7. The molecule has 1 aromatic rings. The Morgan fingerprint density at radius 3 is 2.36 bits per heavy atom. The topological polar surface area (TPSA) is 12.0 Å². The smallest absolute Gasteiger partial charge is 0.0653 e. The first-order valence-corrected chi connectivity index (χ1v) is 5.17. The summed E-state index contributed by atoms with van der Waals surface area (Å²) in [7, 11) is 0. The monoisotopic (exact) mass is 249 g/mol. The van der Waals surface area contributed by atoms with Crippen LogP contribution in [0.3, 0.4) is 0 Å². The maximum atomic E-state index is 5.95. The fourth-order valence-electron chi connectivity index (χ4n) is 0.904. The van der Waals surface area contributed by atoms with Crippen LogP contribution in [0.1, 0.15) is 6.92 Å². The molecule has 0 radical (unpaired) electrons. The Balaban J connectivity index is 2.87. The van der Waals surface area contributed by atoms with Crippen molar-refractivity contribution in [3.63, 3.8) is 0 Å². The minimum atomic E-state index is 0.456. The molecule has 0 aliphatic heterocycles. The summed E-state index contributed by atoms with van der Waals surface area (Å²) in [6.45, 7) is 6.37. The maximum absolute atomic E-state index is 5.95. The lowest BCUT2D eigenvalue weighted by Gasteiger charge is -2.09. The number of anilines is 1. The molecule has 1 aromatic carbocycles. The predicted molar refractivity (Wildman–Crippen MR) is 64.8 cm³/mol. The van der Waals surface area contributed by atoms with E-state index in [2.05, 4.69) is 11.9 Å². The first kappa shape index (κ1) is 11.7. The van der Waals surface area contributed by atoms with E-state index in [4.69, 9.17) is 34.8 Å². The van der Waals surface area contributed by atoms with Crippen LogP contribution in [-0.2, 0) is 0 Å². The Hall–Kier alpha value is -0.370. The van der Waals surface area contributed by atoms with Crippen molar-refractivity contribution in [2.45, 2.75) is 6.92 Å². The Kier molecular flexibility index (Phi) is 4.11. The lowest BCUT2D eigenvalue weighted by Crippen LogP contribution is -2.02. The first-order chi connectivity index (χ1) is 6.50. The highest BCUT2D eigenvalue weighted by Crippen LogP contribution is 2.32. The normalized spacial score (nSPS) is 10.0. The summed E-state index contributed by atoms with van der Waals surface area (Å²) >= 11 is 17.6. The number of hydrogen-bond acceptors (Lipinski definition) is 1. The summed E-state index contributed by atoms with van der Waals surface area (Å²) in [5.74, 6) is 0. The molecule has 0 aliphatic rings. The SMILES string of the molecule is C=C(C)CNc1cc(Cl)c(Cl)cc1Cl. The highest BCUT2D eigenvalue weighted by molar-refractivity contribution is 6.44. The number of benzene rings is 1. The van der Waals surface area contributed by atoms with Crippen molar-refractivity contribution in [2.75, 3.05) is 11.9 Å². The lowest BCUT2D eigenvalue weighted by atomic mass is 10.3. The van der Waals surface area contributed by atoms with Gasteiger partial charge in [-0.25, -0.2) is 0 Å². The van der Waals surface area contributed by atoms with Gasteiger partial charge in [0.25, 0.3) is 0 Å². The average Bonchev–Trinajstić information content (AvgIpc) is 2.09. The molecule has 0 bridgehead atoms. The van der Waals surface area contributed by atoms with Gasteiger partial charge in [0.15, 0.2) is 0 Å². The van der Waals surface area contributed by atoms with Crippen molar-refractivity contribution in [1.29, 1.82) is 0 Å². The van der Waals surface area contributed by atoms with Crippen molar-refractivity contribution in [1.82, 2.24) is 0 Å². The van der Waals surface area contributed by atoms with Crippen LogP contribution in [0.25, 0.3) is 0 Å². The summed E-state index contributed by atoms with van der Waals surface area (Å²) in [5, 5.41) is 4.60. The minimum absolute atomic E-state index is 0.456. The van der Waals surface area contributed by atoms with Crippen molar-refractivity contribution in [2.24, 2.45) is 0 Å². The predicted octanol–water partition coefficient (Wildman–Crippen LogP) is 4.63. The van der Waals surface area contributed by atoms with Crippen LogP contribution in [0.2, 0.25) is 15.1 Å². The van der Waals surface area contributed by atoms with Crippen LogP contribution >= 0.6 is 34.8 Å². The van der Waals surface area contributed by atoms with Crippen LogP contribution in [0.5, 0.6) is 0 Å². The molecule has 1 N–H and O–H groups in total. The van der Waals surface area contributed by atoms with Gasteiger partial charge in [-0.2, -0.15) is 0 Å². The minimum Gasteiger partial charge on any atom is -0.380 e. The summed E-state index contributed by atoms with van der Waals surface area (Å²) < 4.78 is 0. The average molecular weight is 251 g/mol. The summed E-state index contributed by atoms with van der Waals surface area (Å²) in [4.78, 5) is 0. The van der Waals surface area contributed by atoms with Crippen molar-refractivity contribution >= 4 is 40.5 Å². The van der Waals surface area contributed by atoms with Gasteiger partial charge < -0.3 is 5.32 Å². The van der Waals surface area contributed by atoms with Crippen LogP contribution in [0.4, 0.5) is 5.69 Å². The van der Waals surface area contributed by atoms with Gasteiger partial charge in [-0.1, -0.05) is 47.0 Å². The van der Waals surface area contributed by atoms with Gasteiger partial charge in [0.2, 0.25) is 0 Å². The highest BCUT2D eigenvalue weighted by Gasteiger charge is 2.04. The van der Waals surface area contributed by atoms with E-state index in [1.54, 1.807) is 12.1 Å². The molecule has 14 heavy (non-hydrogen) atoms. The zero-order valence-electron chi connectivity index (χ0n) is 7.70. The molecule has 0 aromatic heterocycles. The van der Waals surface area contributed by atoms with E-state index in [0.717, 1.165) is 11.3 Å². The molecule has 0 saturated carbocycles. The van der Waals surface area contributed by atoms with Gasteiger partial charge in [0.05, 0.1) is 20.8 Å². The van der Waals surface area contributed by atoms with E-state index in [1.807, 2.05) is 6.92 Å². The van der Waals surface area contributed by atoms with Gasteiger partial charge in [0.1, 0.15) is 0 Å². The van der Waals surface area contributed by atoms with Gasteiger partial charge in [-0.15, -0.1) is 0 Å². The molecular formula is C10H10Cl3N. The molecule has 0 saturated heterocycles. The Bertz CT molecular complexity index is 361. The Morgan fingerprint density at radius 2 is 1.79 bits per heavy atom. The number of nitrogens with one attached hydrogen (secondary N) is 1. The zero-order valence-corrected chi connectivity index (χ0v) is 9.97. The third-order valence-electron chi connectivity index (χ3n) is 1.59. The second kappa shape index (κ2) is 4.92. The highest BCUT2D eigenvalue weighted by atomic mass is 35.5.